The molecule has 0 aliphatic heterocycles. The second-order valence-corrected chi connectivity index (χ2v) is 13.3. The average Bonchev–Trinajstić information content (AvgIpc) is 3.67. The summed E-state index contributed by atoms with van der Waals surface area (Å²) in [6.07, 6.45) is 4.23. The molecule has 8 aromatic rings. The average molecular weight is 609 g/mol. The molecule has 3 heteroatoms. The Labute approximate surface area is 272 Å². The molecular formula is C43H32N2S. The molecule has 0 bridgehead atoms. The van der Waals surface area contributed by atoms with Crippen LogP contribution in [0.3, 0.4) is 0 Å². The predicted molar refractivity (Wildman–Crippen MR) is 197 cm³/mol. The molecule has 2 N–H and O–H groups in total. The minimum Gasteiger partial charge on any atom is -0.398 e. The van der Waals surface area contributed by atoms with Gasteiger partial charge in [0.15, 0.2) is 0 Å². The lowest BCUT2D eigenvalue weighted by molar-refractivity contribution is 0.764. The number of fused-ring (bicyclic) bond motifs is 8. The van der Waals surface area contributed by atoms with E-state index in [9.17, 15) is 0 Å². The summed E-state index contributed by atoms with van der Waals surface area (Å²) in [7, 11) is 0. The van der Waals surface area contributed by atoms with Crippen LogP contribution in [0.4, 0.5) is 0 Å². The number of benzene rings is 6. The standard InChI is InChI=1S/C43H32N2S/c44-37(29-12-2-1-3-13-29)25-26-45-38-24-23-28-11-4-5-16-32(28)41(38)36-20-9-19-34(43(36)45)31-15-8-14-30(27-31)33-18-10-22-40-42(33)35-17-6-7-21-39(35)46-40/h1-22,25,27H,23-24,26,44H2/b37-25-. The van der Waals surface area contributed by atoms with Crippen molar-refractivity contribution in [3.8, 4) is 33.4 Å². The number of aryl methyl sites for hydroxylation is 1. The minimum atomic E-state index is 0.714. The van der Waals surface area contributed by atoms with Crippen LogP contribution >= 0.6 is 11.3 Å². The molecule has 46 heavy (non-hydrogen) atoms. The number of para-hydroxylation sites is 1. The lowest BCUT2D eigenvalue weighted by atomic mass is 9.88. The van der Waals surface area contributed by atoms with E-state index in [0.717, 1.165) is 24.1 Å². The van der Waals surface area contributed by atoms with Gasteiger partial charge in [-0.2, -0.15) is 0 Å². The fourth-order valence-corrected chi connectivity index (χ4v) is 8.63. The molecule has 2 heterocycles. The number of nitrogens with two attached hydrogens (primary N) is 1. The zero-order valence-electron chi connectivity index (χ0n) is 25.4. The van der Waals surface area contributed by atoms with Crippen LogP contribution in [0.15, 0.2) is 146 Å². The molecule has 0 saturated heterocycles. The van der Waals surface area contributed by atoms with Crippen LogP contribution in [0, 0.1) is 0 Å². The maximum absolute atomic E-state index is 6.67. The highest BCUT2D eigenvalue weighted by molar-refractivity contribution is 7.25. The third kappa shape index (κ3) is 4.31. The number of allylic oxidation sites excluding steroid dienone is 1. The van der Waals surface area contributed by atoms with E-state index in [0.29, 0.717) is 6.54 Å². The zero-order chi connectivity index (χ0) is 30.6. The third-order valence-corrected chi connectivity index (χ3v) is 10.7. The first-order chi connectivity index (χ1) is 22.7. The SMILES string of the molecule is N/C(=C\Cn1c2c(c3cccc(-c4cccc(-c5cccc6sc7ccccc7c56)c4)c31)-c1ccccc1CC2)c1ccccc1. The molecule has 2 aromatic heterocycles. The van der Waals surface area contributed by atoms with Crippen molar-refractivity contribution < 1.29 is 0 Å². The number of hydrogen-bond donors (Lipinski definition) is 1. The van der Waals surface area contributed by atoms with Gasteiger partial charge in [0.2, 0.25) is 0 Å². The summed E-state index contributed by atoms with van der Waals surface area (Å²) >= 11 is 1.87. The number of rotatable bonds is 5. The molecule has 0 saturated carbocycles. The lowest BCUT2D eigenvalue weighted by Gasteiger charge is -2.19. The molecule has 0 amide bonds. The first-order valence-corrected chi connectivity index (χ1v) is 16.8. The minimum absolute atomic E-state index is 0.714. The topological polar surface area (TPSA) is 30.9 Å². The molecule has 0 radical (unpaired) electrons. The van der Waals surface area contributed by atoms with Gasteiger partial charge < -0.3 is 10.3 Å². The summed E-state index contributed by atoms with van der Waals surface area (Å²) < 4.78 is 5.19. The molecule has 0 unspecified atom stereocenters. The molecule has 220 valence electrons. The van der Waals surface area contributed by atoms with Gasteiger partial charge in [-0.1, -0.05) is 121 Å². The van der Waals surface area contributed by atoms with E-state index >= 15 is 0 Å². The molecule has 0 atom stereocenters. The molecule has 6 aromatic carbocycles. The van der Waals surface area contributed by atoms with Gasteiger partial charge in [-0.25, -0.2) is 0 Å². The lowest BCUT2D eigenvalue weighted by Crippen LogP contribution is -2.10. The van der Waals surface area contributed by atoms with Crippen molar-refractivity contribution in [2.45, 2.75) is 19.4 Å². The van der Waals surface area contributed by atoms with Crippen molar-refractivity contribution >= 4 is 48.1 Å². The Bertz CT molecular complexity index is 2460. The fraction of sp³-hybridized carbons (Fsp3) is 0.0698. The summed E-state index contributed by atoms with van der Waals surface area (Å²) in [6, 6.07) is 50.7. The van der Waals surface area contributed by atoms with Crippen molar-refractivity contribution in [3.63, 3.8) is 0 Å². The van der Waals surface area contributed by atoms with Gasteiger partial charge in [0.1, 0.15) is 0 Å². The van der Waals surface area contributed by atoms with Gasteiger partial charge in [0.25, 0.3) is 0 Å². The van der Waals surface area contributed by atoms with Crippen molar-refractivity contribution in [2.75, 3.05) is 0 Å². The Hall–Kier alpha value is -5.38. The van der Waals surface area contributed by atoms with Gasteiger partial charge in [0.05, 0.1) is 5.52 Å². The summed E-state index contributed by atoms with van der Waals surface area (Å²) in [5.74, 6) is 0. The molecule has 0 spiro atoms. The largest absolute Gasteiger partial charge is 0.398 e. The van der Waals surface area contributed by atoms with Gasteiger partial charge in [0, 0.05) is 54.6 Å². The summed E-state index contributed by atoms with van der Waals surface area (Å²) in [4.78, 5) is 0. The summed E-state index contributed by atoms with van der Waals surface area (Å²) in [5.41, 5.74) is 20.4. The van der Waals surface area contributed by atoms with Crippen LogP contribution in [0.1, 0.15) is 16.8 Å². The van der Waals surface area contributed by atoms with Crippen LogP contribution in [0.2, 0.25) is 0 Å². The quantitative estimate of drug-likeness (QED) is 0.207. The summed E-state index contributed by atoms with van der Waals surface area (Å²) in [5, 5.41) is 3.98. The molecule has 0 fully saturated rings. The maximum atomic E-state index is 6.67. The maximum Gasteiger partial charge on any atom is 0.0571 e. The van der Waals surface area contributed by atoms with Crippen LogP contribution in [-0.4, -0.2) is 4.57 Å². The van der Waals surface area contributed by atoms with Crippen molar-refractivity contribution in [1.82, 2.24) is 4.57 Å². The molecule has 9 rings (SSSR count). The van der Waals surface area contributed by atoms with E-state index in [4.69, 9.17) is 5.73 Å². The normalized spacial score (nSPS) is 12.9. The van der Waals surface area contributed by atoms with Gasteiger partial charge in [-0.05, 0) is 70.5 Å². The van der Waals surface area contributed by atoms with Gasteiger partial charge in [-0.15, -0.1) is 11.3 Å². The van der Waals surface area contributed by atoms with E-state index in [1.807, 2.05) is 29.5 Å². The van der Waals surface area contributed by atoms with Crippen LogP contribution in [0.25, 0.3) is 70.2 Å². The predicted octanol–water partition coefficient (Wildman–Crippen LogP) is 11.1. The van der Waals surface area contributed by atoms with Crippen molar-refractivity contribution in [2.24, 2.45) is 5.73 Å². The fourth-order valence-electron chi connectivity index (χ4n) is 7.50. The molecule has 1 aliphatic carbocycles. The zero-order valence-corrected chi connectivity index (χ0v) is 26.2. The van der Waals surface area contributed by atoms with E-state index < -0.39 is 0 Å². The highest BCUT2D eigenvalue weighted by atomic mass is 32.1. The van der Waals surface area contributed by atoms with Gasteiger partial charge in [-0.3, -0.25) is 0 Å². The molecule has 1 aliphatic rings. The van der Waals surface area contributed by atoms with Crippen LogP contribution < -0.4 is 5.73 Å². The van der Waals surface area contributed by atoms with Crippen molar-refractivity contribution in [3.05, 3.63) is 162 Å². The molecular weight excluding hydrogens is 577 g/mol. The second kappa shape index (κ2) is 10.9. The monoisotopic (exact) mass is 608 g/mol. The summed E-state index contributed by atoms with van der Waals surface area (Å²) in [6.45, 7) is 0.714. The number of thiophene rings is 1. The Morgan fingerprint density at radius 1 is 0.630 bits per heavy atom. The Kier molecular flexibility index (Phi) is 6.39. The van der Waals surface area contributed by atoms with E-state index in [1.54, 1.807) is 0 Å². The van der Waals surface area contributed by atoms with E-state index in [2.05, 4.69) is 132 Å². The first kappa shape index (κ1) is 27.0. The van der Waals surface area contributed by atoms with Crippen LogP contribution in [0.5, 0.6) is 0 Å². The van der Waals surface area contributed by atoms with Crippen molar-refractivity contribution in [1.29, 1.82) is 0 Å². The third-order valence-electron chi connectivity index (χ3n) is 9.60. The second-order valence-electron chi connectivity index (χ2n) is 12.2. The number of hydrogen-bond acceptors (Lipinski definition) is 2. The molecule has 2 nitrogen and oxygen atoms in total. The number of nitrogens with zero attached hydrogens (tertiary/aromatic N) is 1. The Balaban J connectivity index is 1.25. The van der Waals surface area contributed by atoms with Gasteiger partial charge >= 0.3 is 0 Å². The Morgan fingerprint density at radius 2 is 1.30 bits per heavy atom. The van der Waals surface area contributed by atoms with E-state index in [-0.39, 0.29) is 0 Å². The first-order valence-electron chi connectivity index (χ1n) is 16.0. The smallest absolute Gasteiger partial charge is 0.0571 e. The highest BCUT2D eigenvalue weighted by Crippen LogP contribution is 2.45. The van der Waals surface area contributed by atoms with E-state index in [1.165, 1.54) is 75.7 Å². The van der Waals surface area contributed by atoms with Crippen LogP contribution in [-0.2, 0) is 19.4 Å². The number of aromatic nitrogens is 1. The highest BCUT2D eigenvalue weighted by Gasteiger charge is 2.25. The Morgan fingerprint density at radius 3 is 2.22 bits per heavy atom.